The van der Waals surface area contributed by atoms with Gasteiger partial charge in [0.25, 0.3) is 0 Å². The van der Waals surface area contributed by atoms with Crippen LogP contribution in [0.25, 0.3) is 6.08 Å². The molecule has 0 aromatic heterocycles. The average Bonchev–Trinajstić information content (AvgIpc) is 2.98. The normalized spacial score (nSPS) is 14.1. The van der Waals surface area contributed by atoms with E-state index < -0.39 is 0 Å². The van der Waals surface area contributed by atoms with Gasteiger partial charge in [0.2, 0.25) is 5.78 Å². The summed E-state index contributed by atoms with van der Waals surface area (Å²) in [7, 11) is 0. The summed E-state index contributed by atoms with van der Waals surface area (Å²) in [4.78, 5) is 12.6. The van der Waals surface area contributed by atoms with Crippen molar-refractivity contribution in [3.8, 4) is 11.5 Å². The number of allylic oxidation sites excluding steroid dienone is 1. The van der Waals surface area contributed by atoms with Crippen LogP contribution in [0.4, 0.5) is 0 Å². The largest absolute Gasteiger partial charge is 0.489 e. The summed E-state index contributed by atoms with van der Waals surface area (Å²) in [5.74, 6) is 1.47. The Balaban J connectivity index is 1.52. The number of aryl methyl sites for hydroxylation is 2. The van der Waals surface area contributed by atoms with Gasteiger partial charge in [-0.2, -0.15) is 0 Å². The molecular formula is C24H20O3. The Morgan fingerprint density at radius 2 is 1.74 bits per heavy atom. The molecule has 1 aliphatic heterocycles. The van der Waals surface area contributed by atoms with Gasteiger partial charge in [-0.05, 0) is 48.7 Å². The lowest BCUT2D eigenvalue weighted by molar-refractivity contribution is 0.101. The topological polar surface area (TPSA) is 35.5 Å². The highest BCUT2D eigenvalue weighted by Gasteiger charge is 2.27. The van der Waals surface area contributed by atoms with E-state index in [4.69, 9.17) is 9.47 Å². The van der Waals surface area contributed by atoms with Gasteiger partial charge < -0.3 is 9.47 Å². The molecule has 134 valence electrons. The minimum atomic E-state index is -0.0988. The summed E-state index contributed by atoms with van der Waals surface area (Å²) in [6.45, 7) is 4.54. The van der Waals surface area contributed by atoms with Crippen LogP contribution in [0.3, 0.4) is 0 Å². The standard InChI is InChI=1S/C24H20O3/c1-16-7-9-18(10-8-16)15-26-20-11-12-21-22(14-20)27-23(24(21)25)13-19-6-4-3-5-17(19)2/h3-14H,15H2,1-2H3. The number of fused-ring (bicyclic) bond motifs is 1. The zero-order valence-corrected chi connectivity index (χ0v) is 15.4. The minimum absolute atomic E-state index is 0.0988. The number of carbonyl (C=O) groups excluding carboxylic acids is 1. The quantitative estimate of drug-likeness (QED) is 0.579. The number of Topliss-reactive ketones (excluding diaryl/α,β-unsaturated/α-hetero) is 1. The Kier molecular flexibility index (Phi) is 4.51. The zero-order chi connectivity index (χ0) is 18.8. The molecule has 0 bridgehead atoms. The van der Waals surface area contributed by atoms with E-state index in [1.54, 1.807) is 18.2 Å². The lowest BCUT2D eigenvalue weighted by Crippen LogP contribution is -1.98. The molecule has 3 heteroatoms. The molecule has 1 heterocycles. The van der Waals surface area contributed by atoms with Crippen LogP contribution < -0.4 is 9.47 Å². The van der Waals surface area contributed by atoms with Crippen molar-refractivity contribution >= 4 is 11.9 Å². The molecule has 27 heavy (non-hydrogen) atoms. The third-order valence-electron chi connectivity index (χ3n) is 4.64. The van der Waals surface area contributed by atoms with Gasteiger partial charge in [-0.1, -0.05) is 54.1 Å². The third-order valence-corrected chi connectivity index (χ3v) is 4.64. The summed E-state index contributed by atoms with van der Waals surface area (Å²) < 4.78 is 11.7. The van der Waals surface area contributed by atoms with Crippen LogP contribution in [0.5, 0.6) is 11.5 Å². The van der Waals surface area contributed by atoms with E-state index in [0.717, 1.165) is 16.7 Å². The van der Waals surface area contributed by atoms with Crippen molar-refractivity contribution in [2.24, 2.45) is 0 Å². The molecule has 0 spiro atoms. The molecule has 4 rings (SSSR count). The Morgan fingerprint density at radius 1 is 0.963 bits per heavy atom. The SMILES string of the molecule is Cc1ccc(COc2ccc3c(c2)OC(=Cc2ccccc2C)C3=O)cc1. The van der Waals surface area contributed by atoms with E-state index in [2.05, 4.69) is 19.1 Å². The minimum Gasteiger partial charge on any atom is -0.489 e. The van der Waals surface area contributed by atoms with Gasteiger partial charge in [0.05, 0.1) is 5.56 Å². The Labute approximate surface area is 158 Å². The van der Waals surface area contributed by atoms with Crippen molar-refractivity contribution in [1.82, 2.24) is 0 Å². The lowest BCUT2D eigenvalue weighted by atomic mass is 10.1. The third kappa shape index (κ3) is 3.63. The molecule has 0 radical (unpaired) electrons. The molecule has 0 unspecified atom stereocenters. The van der Waals surface area contributed by atoms with Crippen molar-refractivity contribution in [3.63, 3.8) is 0 Å². The van der Waals surface area contributed by atoms with Crippen molar-refractivity contribution < 1.29 is 14.3 Å². The smallest absolute Gasteiger partial charge is 0.231 e. The summed E-state index contributed by atoms with van der Waals surface area (Å²) in [5.41, 5.74) is 4.95. The fourth-order valence-corrected chi connectivity index (χ4v) is 3.00. The van der Waals surface area contributed by atoms with Gasteiger partial charge in [-0.3, -0.25) is 4.79 Å². The Bertz CT molecular complexity index is 1030. The molecule has 0 fully saturated rings. The number of hydrogen-bond donors (Lipinski definition) is 0. The monoisotopic (exact) mass is 356 g/mol. The zero-order valence-electron chi connectivity index (χ0n) is 15.4. The van der Waals surface area contributed by atoms with E-state index in [1.165, 1.54) is 5.56 Å². The number of ketones is 1. The average molecular weight is 356 g/mol. The molecule has 0 saturated carbocycles. The molecule has 0 saturated heterocycles. The highest BCUT2D eigenvalue weighted by atomic mass is 16.5. The van der Waals surface area contributed by atoms with Crippen LogP contribution in [-0.2, 0) is 6.61 Å². The first kappa shape index (κ1) is 17.1. The van der Waals surface area contributed by atoms with E-state index in [0.29, 0.717) is 29.4 Å². The first-order valence-corrected chi connectivity index (χ1v) is 8.92. The van der Waals surface area contributed by atoms with Crippen LogP contribution in [0.1, 0.15) is 32.6 Å². The molecular weight excluding hydrogens is 336 g/mol. The van der Waals surface area contributed by atoms with Gasteiger partial charge in [0, 0.05) is 6.07 Å². The van der Waals surface area contributed by atoms with Crippen molar-refractivity contribution in [2.45, 2.75) is 20.5 Å². The van der Waals surface area contributed by atoms with E-state index >= 15 is 0 Å². The summed E-state index contributed by atoms with van der Waals surface area (Å²) in [6.07, 6.45) is 1.80. The summed E-state index contributed by atoms with van der Waals surface area (Å²) in [5, 5.41) is 0. The maximum absolute atomic E-state index is 12.6. The van der Waals surface area contributed by atoms with Gasteiger partial charge in [0.15, 0.2) is 5.76 Å². The second-order valence-corrected chi connectivity index (χ2v) is 6.73. The van der Waals surface area contributed by atoms with E-state index in [-0.39, 0.29) is 5.78 Å². The number of hydrogen-bond acceptors (Lipinski definition) is 3. The first-order valence-electron chi connectivity index (χ1n) is 8.92. The maximum Gasteiger partial charge on any atom is 0.231 e. The molecule has 0 aliphatic carbocycles. The Morgan fingerprint density at radius 3 is 2.52 bits per heavy atom. The Hall–Kier alpha value is -3.33. The predicted molar refractivity (Wildman–Crippen MR) is 106 cm³/mol. The number of benzene rings is 3. The summed E-state index contributed by atoms with van der Waals surface area (Å²) in [6, 6.07) is 21.5. The van der Waals surface area contributed by atoms with Crippen molar-refractivity contribution in [2.75, 3.05) is 0 Å². The second kappa shape index (κ2) is 7.12. The van der Waals surface area contributed by atoms with Gasteiger partial charge in [0.1, 0.15) is 18.1 Å². The molecule has 3 aromatic rings. The fourth-order valence-electron chi connectivity index (χ4n) is 3.00. The van der Waals surface area contributed by atoms with E-state index in [1.807, 2.05) is 49.4 Å². The highest BCUT2D eigenvalue weighted by molar-refractivity contribution is 6.14. The van der Waals surface area contributed by atoms with Crippen molar-refractivity contribution in [1.29, 1.82) is 0 Å². The molecule has 3 aromatic carbocycles. The fraction of sp³-hybridized carbons (Fsp3) is 0.125. The summed E-state index contributed by atoms with van der Waals surface area (Å²) >= 11 is 0. The number of carbonyl (C=O) groups is 1. The van der Waals surface area contributed by atoms with Gasteiger partial charge in [-0.15, -0.1) is 0 Å². The van der Waals surface area contributed by atoms with Crippen LogP contribution in [0, 0.1) is 13.8 Å². The van der Waals surface area contributed by atoms with Crippen LogP contribution >= 0.6 is 0 Å². The maximum atomic E-state index is 12.6. The number of ether oxygens (including phenoxy) is 2. The van der Waals surface area contributed by atoms with Crippen LogP contribution in [-0.4, -0.2) is 5.78 Å². The van der Waals surface area contributed by atoms with Gasteiger partial charge >= 0.3 is 0 Å². The molecule has 3 nitrogen and oxygen atoms in total. The van der Waals surface area contributed by atoms with Crippen LogP contribution in [0.2, 0.25) is 0 Å². The molecule has 1 aliphatic rings. The van der Waals surface area contributed by atoms with E-state index in [9.17, 15) is 4.79 Å². The second-order valence-electron chi connectivity index (χ2n) is 6.73. The first-order chi connectivity index (χ1) is 13.1. The van der Waals surface area contributed by atoms with Crippen molar-refractivity contribution in [3.05, 3.63) is 100 Å². The molecule has 0 atom stereocenters. The predicted octanol–water partition coefficient (Wildman–Crippen LogP) is 5.50. The lowest BCUT2D eigenvalue weighted by Gasteiger charge is -2.07. The van der Waals surface area contributed by atoms with Crippen LogP contribution in [0.15, 0.2) is 72.5 Å². The molecule has 0 N–H and O–H groups in total. The van der Waals surface area contributed by atoms with Gasteiger partial charge in [-0.25, -0.2) is 0 Å². The highest BCUT2D eigenvalue weighted by Crippen LogP contribution is 2.35. The molecule has 0 amide bonds. The number of rotatable bonds is 4.